The number of carbonyl (C=O) groups excluding carboxylic acids is 1. The lowest BCUT2D eigenvalue weighted by molar-refractivity contribution is -0.173. The van der Waals surface area contributed by atoms with E-state index in [1.807, 2.05) is 6.92 Å². The Labute approximate surface area is 77.5 Å². The van der Waals surface area contributed by atoms with Crippen LogP contribution in [-0.2, 0) is 19.0 Å². The fourth-order valence-electron chi connectivity index (χ4n) is 1.15. The van der Waals surface area contributed by atoms with E-state index in [4.69, 9.17) is 14.2 Å². The van der Waals surface area contributed by atoms with Crippen molar-refractivity contribution in [3.8, 4) is 0 Å². The van der Waals surface area contributed by atoms with Gasteiger partial charge in [0.1, 0.15) is 6.10 Å². The van der Waals surface area contributed by atoms with Gasteiger partial charge in [-0.15, -0.1) is 0 Å². The zero-order valence-electron chi connectivity index (χ0n) is 8.02. The van der Waals surface area contributed by atoms with E-state index in [0.29, 0.717) is 0 Å². The first kappa shape index (κ1) is 10.2. The molecule has 0 aromatic rings. The van der Waals surface area contributed by atoms with Gasteiger partial charge >= 0.3 is 5.97 Å². The van der Waals surface area contributed by atoms with Crippen molar-refractivity contribution in [2.75, 3.05) is 7.11 Å². The number of esters is 1. The van der Waals surface area contributed by atoms with Crippen LogP contribution < -0.4 is 0 Å². The highest BCUT2D eigenvalue weighted by atomic mass is 16.7. The zero-order valence-corrected chi connectivity index (χ0v) is 8.02. The van der Waals surface area contributed by atoms with Gasteiger partial charge in [0, 0.05) is 14.0 Å². The van der Waals surface area contributed by atoms with Crippen molar-refractivity contribution in [1.29, 1.82) is 0 Å². The molecule has 0 saturated carbocycles. The third-order valence-corrected chi connectivity index (χ3v) is 1.80. The number of rotatable bonds is 2. The van der Waals surface area contributed by atoms with Gasteiger partial charge in [-0.05, 0) is 19.1 Å². The second-order valence-electron chi connectivity index (χ2n) is 2.90. The van der Waals surface area contributed by atoms with Crippen LogP contribution in [0.1, 0.15) is 13.8 Å². The predicted octanol–water partition coefficient (Wildman–Crippen LogP) is 0.865. The number of carbonyl (C=O) groups is 1. The molecular weight excluding hydrogens is 172 g/mol. The predicted molar refractivity (Wildman–Crippen MR) is 46.0 cm³/mol. The van der Waals surface area contributed by atoms with E-state index in [0.717, 1.165) is 0 Å². The van der Waals surface area contributed by atoms with E-state index in [-0.39, 0.29) is 24.5 Å². The van der Waals surface area contributed by atoms with E-state index in [2.05, 4.69) is 0 Å². The van der Waals surface area contributed by atoms with Gasteiger partial charge < -0.3 is 14.2 Å². The molecule has 0 unspecified atom stereocenters. The summed E-state index contributed by atoms with van der Waals surface area (Å²) in [4.78, 5) is 10.7. The second-order valence-corrected chi connectivity index (χ2v) is 2.90. The van der Waals surface area contributed by atoms with Crippen LogP contribution in [0.2, 0.25) is 0 Å². The SMILES string of the molecule is CO[C@H]1C=C[C@H](OC(C)=O)[C@H](C)O1. The van der Waals surface area contributed by atoms with E-state index in [1.165, 1.54) is 6.92 Å². The summed E-state index contributed by atoms with van der Waals surface area (Å²) < 4.78 is 15.3. The molecule has 1 aliphatic rings. The van der Waals surface area contributed by atoms with Crippen LogP contribution in [0.4, 0.5) is 0 Å². The second kappa shape index (κ2) is 4.39. The molecule has 0 aromatic carbocycles. The van der Waals surface area contributed by atoms with Gasteiger partial charge in [-0.1, -0.05) is 0 Å². The fraction of sp³-hybridized carbons (Fsp3) is 0.667. The Morgan fingerprint density at radius 3 is 2.62 bits per heavy atom. The first-order chi connectivity index (χ1) is 6.13. The maximum atomic E-state index is 10.7. The molecule has 0 bridgehead atoms. The van der Waals surface area contributed by atoms with Gasteiger partial charge in [0.2, 0.25) is 0 Å². The molecule has 1 heterocycles. The number of ether oxygens (including phenoxy) is 3. The van der Waals surface area contributed by atoms with Crippen molar-refractivity contribution in [2.45, 2.75) is 32.3 Å². The van der Waals surface area contributed by atoms with E-state index in [9.17, 15) is 4.79 Å². The van der Waals surface area contributed by atoms with Crippen LogP contribution in [-0.4, -0.2) is 31.6 Å². The molecule has 3 atom stereocenters. The van der Waals surface area contributed by atoms with E-state index >= 15 is 0 Å². The average Bonchev–Trinajstić information content (AvgIpc) is 2.08. The molecule has 1 rings (SSSR count). The fourth-order valence-corrected chi connectivity index (χ4v) is 1.15. The lowest BCUT2D eigenvalue weighted by Gasteiger charge is -2.28. The quantitative estimate of drug-likeness (QED) is 0.474. The van der Waals surface area contributed by atoms with Crippen LogP contribution >= 0.6 is 0 Å². The zero-order chi connectivity index (χ0) is 9.84. The summed E-state index contributed by atoms with van der Waals surface area (Å²) in [5.74, 6) is -0.305. The minimum Gasteiger partial charge on any atom is -0.456 e. The summed E-state index contributed by atoms with van der Waals surface area (Å²) in [5, 5.41) is 0. The molecule has 0 aromatic heterocycles. The minimum absolute atomic E-state index is 0.168. The molecular formula is C9H14O4. The highest BCUT2D eigenvalue weighted by Gasteiger charge is 2.25. The Bertz CT molecular complexity index is 212. The molecule has 0 N–H and O–H groups in total. The number of hydrogen-bond acceptors (Lipinski definition) is 4. The highest BCUT2D eigenvalue weighted by Crippen LogP contribution is 2.15. The summed E-state index contributed by atoms with van der Waals surface area (Å²) in [5.41, 5.74) is 0. The third kappa shape index (κ3) is 2.82. The molecule has 0 amide bonds. The van der Waals surface area contributed by atoms with E-state index < -0.39 is 0 Å². The van der Waals surface area contributed by atoms with Gasteiger partial charge in [-0.25, -0.2) is 0 Å². The molecule has 0 fully saturated rings. The first-order valence-corrected chi connectivity index (χ1v) is 4.17. The topological polar surface area (TPSA) is 44.8 Å². The highest BCUT2D eigenvalue weighted by molar-refractivity contribution is 5.66. The Kier molecular flexibility index (Phi) is 3.45. The van der Waals surface area contributed by atoms with Gasteiger partial charge in [0.15, 0.2) is 6.29 Å². The summed E-state index contributed by atoms with van der Waals surface area (Å²) in [7, 11) is 1.56. The molecule has 13 heavy (non-hydrogen) atoms. The summed E-state index contributed by atoms with van der Waals surface area (Å²) in [6.45, 7) is 3.21. The first-order valence-electron chi connectivity index (χ1n) is 4.17. The van der Waals surface area contributed by atoms with Crippen LogP contribution in [0.25, 0.3) is 0 Å². The summed E-state index contributed by atoms with van der Waals surface area (Å²) >= 11 is 0. The smallest absolute Gasteiger partial charge is 0.303 e. The standard InChI is InChI=1S/C9H14O4/c1-6-8(13-7(2)10)4-5-9(11-3)12-6/h4-6,8-9H,1-3H3/t6-,8-,9+/m0/s1. The normalized spacial score (nSPS) is 33.0. The molecule has 0 radical (unpaired) electrons. The van der Waals surface area contributed by atoms with Gasteiger partial charge in [0.05, 0.1) is 6.10 Å². The van der Waals surface area contributed by atoms with E-state index in [1.54, 1.807) is 19.3 Å². The molecule has 0 spiro atoms. The lowest BCUT2D eigenvalue weighted by atomic mass is 10.1. The summed E-state index contributed by atoms with van der Waals surface area (Å²) in [6, 6.07) is 0. The van der Waals surface area contributed by atoms with Crippen LogP contribution in [0.5, 0.6) is 0 Å². The maximum Gasteiger partial charge on any atom is 0.303 e. The molecule has 0 aliphatic carbocycles. The van der Waals surface area contributed by atoms with Crippen molar-refractivity contribution in [3.63, 3.8) is 0 Å². The largest absolute Gasteiger partial charge is 0.456 e. The van der Waals surface area contributed by atoms with Crippen molar-refractivity contribution in [1.82, 2.24) is 0 Å². The maximum absolute atomic E-state index is 10.7. The Morgan fingerprint density at radius 2 is 2.15 bits per heavy atom. The van der Waals surface area contributed by atoms with Crippen molar-refractivity contribution < 1.29 is 19.0 Å². The Balaban J connectivity index is 2.53. The number of methoxy groups -OCH3 is 1. The minimum atomic E-state index is -0.332. The van der Waals surface area contributed by atoms with Crippen LogP contribution in [0.15, 0.2) is 12.2 Å². The Hall–Kier alpha value is -0.870. The van der Waals surface area contributed by atoms with Crippen LogP contribution in [0, 0.1) is 0 Å². The average molecular weight is 186 g/mol. The van der Waals surface area contributed by atoms with Gasteiger partial charge in [0.25, 0.3) is 0 Å². The molecule has 74 valence electrons. The Morgan fingerprint density at radius 1 is 1.46 bits per heavy atom. The van der Waals surface area contributed by atoms with Crippen molar-refractivity contribution >= 4 is 5.97 Å². The van der Waals surface area contributed by atoms with Gasteiger partial charge in [-0.2, -0.15) is 0 Å². The molecule has 0 saturated heterocycles. The molecule has 1 aliphatic heterocycles. The number of hydrogen-bond donors (Lipinski definition) is 0. The van der Waals surface area contributed by atoms with Crippen LogP contribution in [0.3, 0.4) is 0 Å². The third-order valence-electron chi connectivity index (χ3n) is 1.80. The molecule has 4 heteroatoms. The lowest BCUT2D eigenvalue weighted by Crippen LogP contribution is -2.36. The molecule has 4 nitrogen and oxygen atoms in total. The van der Waals surface area contributed by atoms with Crippen molar-refractivity contribution in [3.05, 3.63) is 12.2 Å². The van der Waals surface area contributed by atoms with Gasteiger partial charge in [-0.3, -0.25) is 4.79 Å². The monoisotopic (exact) mass is 186 g/mol. The summed E-state index contributed by atoms with van der Waals surface area (Å²) in [6.07, 6.45) is 2.71. The van der Waals surface area contributed by atoms with Crippen molar-refractivity contribution in [2.24, 2.45) is 0 Å².